The second-order valence-corrected chi connectivity index (χ2v) is 6.97. The lowest BCUT2D eigenvalue weighted by Gasteiger charge is -2.33. The zero-order chi connectivity index (χ0) is 20.2. The number of fused-ring (bicyclic) bond motifs is 1. The van der Waals surface area contributed by atoms with Crippen molar-refractivity contribution in [1.82, 2.24) is 15.0 Å². The van der Waals surface area contributed by atoms with E-state index in [1.54, 1.807) is 51.0 Å². The number of benzene rings is 1. The molecular formula is C21H23N5O3. The standard InChI is InChI=1S/C21H23N5O3/c1-28-17-8-15(9-18(11-17)29-2)25-21(27)14-4-3-7-26(13-14)16-10-19-20(24-12-16)23-6-5-22-19/h5-6,8-12,14H,3-4,7,13H2,1-2H3,(H,25,27)/t14-/m0/s1. The van der Waals surface area contributed by atoms with Crippen molar-refractivity contribution in [2.45, 2.75) is 12.8 Å². The van der Waals surface area contributed by atoms with Crippen LogP contribution in [0.25, 0.3) is 11.2 Å². The average Bonchev–Trinajstić information content (AvgIpc) is 2.78. The van der Waals surface area contributed by atoms with Crippen LogP contribution in [-0.2, 0) is 4.79 Å². The van der Waals surface area contributed by atoms with Gasteiger partial charge in [0.05, 0.1) is 32.0 Å². The van der Waals surface area contributed by atoms with Crippen molar-refractivity contribution in [2.75, 3.05) is 37.5 Å². The summed E-state index contributed by atoms with van der Waals surface area (Å²) in [6, 6.07) is 7.32. The minimum atomic E-state index is -0.126. The van der Waals surface area contributed by atoms with E-state index in [0.29, 0.717) is 29.4 Å². The highest BCUT2D eigenvalue weighted by Crippen LogP contribution is 2.28. The summed E-state index contributed by atoms with van der Waals surface area (Å²) >= 11 is 0. The molecule has 1 aromatic carbocycles. The molecule has 8 nitrogen and oxygen atoms in total. The maximum atomic E-state index is 12.9. The smallest absolute Gasteiger partial charge is 0.229 e. The van der Waals surface area contributed by atoms with Crippen LogP contribution in [0.2, 0.25) is 0 Å². The number of rotatable bonds is 5. The number of nitrogens with one attached hydrogen (secondary N) is 1. The van der Waals surface area contributed by atoms with Gasteiger partial charge in [-0.3, -0.25) is 9.78 Å². The first-order valence-electron chi connectivity index (χ1n) is 9.52. The molecule has 1 atom stereocenters. The highest BCUT2D eigenvalue weighted by molar-refractivity contribution is 5.93. The maximum absolute atomic E-state index is 12.9. The van der Waals surface area contributed by atoms with Crippen molar-refractivity contribution in [3.63, 3.8) is 0 Å². The molecule has 1 saturated heterocycles. The summed E-state index contributed by atoms with van der Waals surface area (Å²) in [6.07, 6.45) is 6.85. The predicted molar refractivity (Wildman–Crippen MR) is 110 cm³/mol. The van der Waals surface area contributed by atoms with E-state index in [1.165, 1.54) is 0 Å². The van der Waals surface area contributed by atoms with Crippen LogP contribution in [0.3, 0.4) is 0 Å². The molecule has 150 valence electrons. The third kappa shape index (κ3) is 4.21. The molecular weight excluding hydrogens is 370 g/mol. The van der Waals surface area contributed by atoms with Gasteiger partial charge in [-0.25, -0.2) is 9.97 Å². The fraction of sp³-hybridized carbons (Fsp3) is 0.333. The fourth-order valence-corrected chi connectivity index (χ4v) is 3.57. The average molecular weight is 393 g/mol. The summed E-state index contributed by atoms with van der Waals surface area (Å²) in [6.45, 7) is 1.50. The summed E-state index contributed by atoms with van der Waals surface area (Å²) < 4.78 is 10.6. The zero-order valence-electron chi connectivity index (χ0n) is 16.5. The van der Waals surface area contributed by atoms with Gasteiger partial charge >= 0.3 is 0 Å². The van der Waals surface area contributed by atoms with E-state index >= 15 is 0 Å². The van der Waals surface area contributed by atoms with E-state index in [0.717, 1.165) is 30.6 Å². The summed E-state index contributed by atoms with van der Waals surface area (Å²) in [5.74, 6) is 1.12. The molecule has 1 fully saturated rings. The second-order valence-electron chi connectivity index (χ2n) is 6.97. The van der Waals surface area contributed by atoms with Crippen LogP contribution in [0.1, 0.15) is 12.8 Å². The molecule has 1 N–H and O–H groups in total. The lowest BCUT2D eigenvalue weighted by molar-refractivity contribution is -0.120. The Labute approximate surface area is 168 Å². The Morgan fingerprint density at radius 1 is 1.07 bits per heavy atom. The fourth-order valence-electron chi connectivity index (χ4n) is 3.57. The van der Waals surface area contributed by atoms with Crippen LogP contribution >= 0.6 is 0 Å². The first kappa shape index (κ1) is 18.9. The number of hydrogen-bond acceptors (Lipinski definition) is 7. The Kier molecular flexibility index (Phi) is 5.41. The van der Waals surface area contributed by atoms with Crippen molar-refractivity contribution in [3.8, 4) is 11.5 Å². The second kappa shape index (κ2) is 8.30. The number of nitrogens with zero attached hydrogens (tertiary/aromatic N) is 4. The van der Waals surface area contributed by atoms with Gasteiger partial charge in [0.15, 0.2) is 5.65 Å². The SMILES string of the molecule is COc1cc(NC(=O)[C@H]2CCCN(c3cnc4nccnc4c3)C2)cc(OC)c1. The minimum absolute atomic E-state index is 0.0152. The maximum Gasteiger partial charge on any atom is 0.229 e. The number of piperidine rings is 1. The summed E-state index contributed by atoms with van der Waals surface area (Å²) in [5.41, 5.74) is 2.99. The lowest BCUT2D eigenvalue weighted by Crippen LogP contribution is -2.40. The lowest BCUT2D eigenvalue weighted by atomic mass is 9.96. The van der Waals surface area contributed by atoms with Crippen LogP contribution in [-0.4, -0.2) is 48.2 Å². The summed E-state index contributed by atoms with van der Waals surface area (Å²) in [7, 11) is 3.17. The van der Waals surface area contributed by atoms with Crippen molar-refractivity contribution in [3.05, 3.63) is 42.9 Å². The molecule has 3 heterocycles. The normalized spacial score (nSPS) is 16.5. The van der Waals surface area contributed by atoms with Crippen LogP contribution in [0.5, 0.6) is 11.5 Å². The predicted octanol–water partition coefficient (Wildman–Crippen LogP) is 2.90. The Morgan fingerprint density at radius 2 is 1.83 bits per heavy atom. The molecule has 1 amide bonds. The number of aromatic nitrogens is 3. The number of carbonyl (C=O) groups excluding carboxylic acids is 1. The summed E-state index contributed by atoms with van der Waals surface area (Å²) in [5, 5.41) is 3.00. The molecule has 0 radical (unpaired) electrons. The van der Waals surface area contributed by atoms with Crippen molar-refractivity contribution in [2.24, 2.45) is 5.92 Å². The Morgan fingerprint density at radius 3 is 2.59 bits per heavy atom. The van der Waals surface area contributed by atoms with Gasteiger partial charge in [0.25, 0.3) is 0 Å². The number of pyridine rings is 1. The van der Waals surface area contributed by atoms with Gasteiger partial charge in [0, 0.05) is 49.4 Å². The van der Waals surface area contributed by atoms with Crippen molar-refractivity contribution < 1.29 is 14.3 Å². The molecule has 0 bridgehead atoms. The minimum Gasteiger partial charge on any atom is -0.497 e. The molecule has 0 saturated carbocycles. The molecule has 8 heteroatoms. The molecule has 0 spiro atoms. The molecule has 0 unspecified atom stereocenters. The third-order valence-electron chi connectivity index (χ3n) is 5.09. The van der Waals surface area contributed by atoms with E-state index in [1.807, 2.05) is 6.07 Å². The first-order chi connectivity index (χ1) is 14.2. The van der Waals surface area contributed by atoms with Gasteiger partial charge < -0.3 is 19.7 Å². The van der Waals surface area contributed by atoms with Crippen LogP contribution < -0.4 is 19.7 Å². The Balaban J connectivity index is 1.48. The first-order valence-corrected chi connectivity index (χ1v) is 9.52. The largest absolute Gasteiger partial charge is 0.497 e. The van der Waals surface area contributed by atoms with Gasteiger partial charge in [-0.2, -0.15) is 0 Å². The van der Waals surface area contributed by atoms with Gasteiger partial charge in [-0.1, -0.05) is 0 Å². The van der Waals surface area contributed by atoms with Gasteiger partial charge in [-0.05, 0) is 18.9 Å². The van der Waals surface area contributed by atoms with Crippen LogP contribution in [0.15, 0.2) is 42.9 Å². The molecule has 1 aliphatic rings. The third-order valence-corrected chi connectivity index (χ3v) is 5.09. The summed E-state index contributed by atoms with van der Waals surface area (Å²) in [4.78, 5) is 28.0. The topological polar surface area (TPSA) is 89.5 Å². The molecule has 3 aromatic rings. The molecule has 2 aromatic heterocycles. The number of amides is 1. The number of carbonyl (C=O) groups is 1. The number of methoxy groups -OCH3 is 2. The highest BCUT2D eigenvalue weighted by Gasteiger charge is 2.26. The molecule has 1 aliphatic heterocycles. The Hall–Kier alpha value is -3.42. The molecule has 0 aliphatic carbocycles. The van der Waals surface area contributed by atoms with Crippen molar-refractivity contribution >= 4 is 28.4 Å². The van der Waals surface area contributed by atoms with Crippen molar-refractivity contribution in [1.29, 1.82) is 0 Å². The van der Waals surface area contributed by atoms with E-state index in [9.17, 15) is 4.79 Å². The van der Waals surface area contributed by atoms with Crippen LogP contribution in [0.4, 0.5) is 11.4 Å². The van der Waals surface area contributed by atoms with Crippen LogP contribution in [0, 0.1) is 5.92 Å². The van der Waals surface area contributed by atoms with E-state index in [2.05, 4.69) is 25.2 Å². The van der Waals surface area contributed by atoms with E-state index in [4.69, 9.17) is 9.47 Å². The number of anilines is 2. The number of hydrogen-bond donors (Lipinski definition) is 1. The van der Waals surface area contributed by atoms with Gasteiger partial charge in [-0.15, -0.1) is 0 Å². The van der Waals surface area contributed by atoms with E-state index < -0.39 is 0 Å². The molecule has 4 rings (SSSR count). The molecule has 29 heavy (non-hydrogen) atoms. The number of ether oxygens (including phenoxy) is 2. The monoisotopic (exact) mass is 393 g/mol. The Bertz CT molecular complexity index is 1000. The van der Waals surface area contributed by atoms with Gasteiger partial charge in [0.1, 0.15) is 17.0 Å². The van der Waals surface area contributed by atoms with Gasteiger partial charge in [0.2, 0.25) is 5.91 Å². The highest BCUT2D eigenvalue weighted by atomic mass is 16.5. The quantitative estimate of drug-likeness (QED) is 0.713. The van der Waals surface area contributed by atoms with E-state index in [-0.39, 0.29) is 11.8 Å². The zero-order valence-corrected chi connectivity index (χ0v) is 16.5.